The summed E-state index contributed by atoms with van der Waals surface area (Å²) in [5, 5.41) is 0.278. The van der Waals surface area contributed by atoms with Gasteiger partial charge in [-0.3, -0.25) is 4.98 Å². The van der Waals surface area contributed by atoms with Crippen molar-refractivity contribution in [2.24, 2.45) is 5.73 Å². The SMILES string of the molecule is COc1cccnc1C(N)c1ccoc1Cl. The fourth-order valence-corrected chi connectivity index (χ4v) is 1.71. The second kappa shape index (κ2) is 4.55. The lowest BCUT2D eigenvalue weighted by molar-refractivity contribution is 0.404. The number of ether oxygens (including phenoxy) is 1. The number of halogens is 1. The number of aromatic nitrogens is 1. The van der Waals surface area contributed by atoms with Gasteiger partial charge in [-0.25, -0.2) is 0 Å². The van der Waals surface area contributed by atoms with Crippen LogP contribution in [0.4, 0.5) is 0 Å². The number of hydrogen-bond donors (Lipinski definition) is 1. The zero-order valence-corrected chi connectivity index (χ0v) is 9.44. The van der Waals surface area contributed by atoms with E-state index in [0.29, 0.717) is 17.0 Å². The van der Waals surface area contributed by atoms with Crippen molar-refractivity contribution in [2.75, 3.05) is 7.11 Å². The van der Waals surface area contributed by atoms with Gasteiger partial charge in [-0.15, -0.1) is 0 Å². The first-order chi connectivity index (χ1) is 7.74. The normalized spacial score (nSPS) is 12.4. The Morgan fingerprint density at radius 1 is 1.50 bits per heavy atom. The van der Waals surface area contributed by atoms with Crippen LogP contribution < -0.4 is 10.5 Å². The first-order valence-electron chi connectivity index (χ1n) is 4.71. The maximum absolute atomic E-state index is 6.05. The van der Waals surface area contributed by atoms with Crippen LogP contribution in [0.3, 0.4) is 0 Å². The van der Waals surface area contributed by atoms with Crippen molar-refractivity contribution in [1.82, 2.24) is 4.98 Å². The molecule has 2 rings (SSSR count). The van der Waals surface area contributed by atoms with Gasteiger partial charge in [0.05, 0.1) is 19.4 Å². The maximum Gasteiger partial charge on any atom is 0.198 e. The Hall–Kier alpha value is -1.52. The predicted octanol–water partition coefficient (Wildman–Crippen LogP) is 2.38. The minimum absolute atomic E-state index is 0.278. The monoisotopic (exact) mass is 238 g/mol. The highest BCUT2D eigenvalue weighted by atomic mass is 35.5. The number of nitrogens with two attached hydrogens (primary N) is 1. The fraction of sp³-hybridized carbons (Fsp3) is 0.182. The molecule has 4 nitrogen and oxygen atoms in total. The molecule has 2 aromatic heterocycles. The van der Waals surface area contributed by atoms with Crippen LogP contribution in [0.15, 0.2) is 35.1 Å². The Kier molecular flexibility index (Phi) is 3.12. The molecule has 84 valence electrons. The molecular formula is C11H11ClN2O2. The van der Waals surface area contributed by atoms with E-state index < -0.39 is 6.04 Å². The number of pyridine rings is 1. The van der Waals surface area contributed by atoms with Gasteiger partial charge in [0.2, 0.25) is 0 Å². The van der Waals surface area contributed by atoms with Gasteiger partial charge in [0, 0.05) is 11.8 Å². The zero-order valence-electron chi connectivity index (χ0n) is 8.68. The first-order valence-corrected chi connectivity index (χ1v) is 5.09. The molecule has 0 spiro atoms. The molecule has 2 aromatic rings. The number of nitrogens with zero attached hydrogens (tertiary/aromatic N) is 1. The molecule has 0 aliphatic rings. The molecule has 0 fully saturated rings. The highest BCUT2D eigenvalue weighted by molar-refractivity contribution is 6.29. The summed E-state index contributed by atoms with van der Waals surface area (Å²) >= 11 is 5.86. The summed E-state index contributed by atoms with van der Waals surface area (Å²) in [5.41, 5.74) is 7.38. The van der Waals surface area contributed by atoms with Gasteiger partial charge in [-0.05, 0) is 29.8 Å². The van der Waals surface area contributed by atoms with Crippen LogP contribution >= 0.6 is 11.6 Å². The third kappa shape index (κ3) is 1.89. The minimum atomic E-state index is -0.456. The van der Waals surface area contributed by atoms with Crippen LogP contribution in [-0.2, 0) is 0 Å². The maximum atomic E-state index is 6.05. The third-order valence-corrected chi connectivity index (χ3v) is 2.60. The molecule has 0 aromatic carbocycles. The van der Waals surface area contributed by atoms with Crippen molar-refractivity contribution in [3.05, 3.63) is 47.1 Å². The lowest BCUT2D eigenvalue weighted by Crippen LogP contribution is -2.14. The largest absolute Gasteiger partial charge is 0.495 e. The molecule has 0 saturated carbocycles. The summed E-state index contributed by atoms with van der Waals surface area (Å²) in [4.78, 5) is 4.20. The molecule has 0 radical (unpaired) electrons. The van der Waals surface area contributed by atoms with Crippen LogP contribution in [-0.4, -0.2) is 12.1 Å². The summed E-state index contributed by atoms with van der Waals surface area (Å²) in [7, 11) is 1.57. The lowest BCUT2D eigenvalue weighted by atomic mass is 10.1. The van der Waals surface area contributed by atoms with E-state index in [1.807, 2.05) is 0 Å². The lowest BCUT2D eigenvalue weighted by Gasteiger charge is -2.12. The van der Waals surface area contributed by atoms with Crippen LogP contribution in [0.5, 0.6) is 5.75 Å². The van der Waals surface area contributed by atoms with Crippen LogP contribution in [0.1, 0.15) is 17.3 Å². The Morgan fingerprint density at radius 3 is 2.94 bits per heavy atom. The second-order valence-electron chi connectivity index (χ2n) is 3.22. The van der Waals surface area contributed by atoms with Crippen molar-refractivity contribution in [3.8, 4) is 5.75 Å². The fourth-order valence-electron chi connectivity index (χ4n) is 1.48. The van der Waals surface area contributed by atoms with Gasteiger partial charge < -0.3 is 14.9 Å². The second-order valence-corrected chi connectivity index (χ2v) is 3.56. The topological polar surface area (TPSA) is 61.3 Å². The molecule has 0 aliphatic carbocycles. The predicted molar refractivity (Wildman–Crippen MR) is 60.5 cm³/mol. The molecule has 1 atom stereocenters. The van der Waals surface area contributed by atoms with Gasteiger partial charge in [-0.2, -0.15) is 0 Å². The van der Waals surface area contributed by atoms with Crippen molar-refractivity contribution in [2.45, 2.75) is 6.04 Å². The van der Waals surface area contributed by atoms with E-state index >= 15 is 0 Å². The van der Waals surface area contributed by atoms with Crippen molar-refractivity contribution < 1.29 is 9.15 Å². The minimum Gasteiger partial charge on any atom is -0.495 e. The molecule has 0 bridgehead atoms. The van der Waals surface area contributed by atoms with E-state index in [1.165, 1.54) is 6.26 Å². The van der Waals surface area contributed by atoms with E-state index in [9.17, 15) is 0 Å². The zero-order chi connectivity index (χ0) is 11.5. The molecule has 2 N–H and O–H groups in total. The molecule has 16 heavy (non-hydrogen) atoms. The molecule has 5 heteroatoms. The molecule has 0 amide bonds. The van der Waals surface area contributed by atoms with E-state index in [-0.39, 0.29) is 5.22 Å². The summed E-state index contributed by atoms with van der Waals surface area (Å²) in [6.07, 6.45) is 3.15. The van der Waals surface area contributed by atoms with Crippen molar-refractivity contribution in [3.63, 3.8) is 0 Å². The number of methoxy groups -OCH3 is 1. The van der Waals surface area contributed by atoms with Crippen molar-refractivity contribution in [1.29, 1.82) is 0 Å². The van der Waals surface area contributed by atoms with E-state index in [2.05, 4.69) is 4.98 Å². The van der Waals surface area contributed by atoms with Crippen molar-refractivity contribution >= 4 is 11.6 Å². The average Bonchev–Trinajstić information content (AvgIpc) is 2.74. The Balaban J connectivity index is 2.41. The Labute approximate surface area is 98.0 Å². The summed E-state index contributed by atoms with van der Waals surface area (Å²) in [6, 6.07) is 4.85. The smallest absolute Gasteiger partial charge is 0.198 e. The molecule has 1 unspecified atom stereocenters. The molecule has 0 saturated heterocycles. The number of furan rings is 1. The van der Waals surface area contributed by atoms with Gasteiger partial charge >= 0.3 is 0 Å². The van der Waals surface area contributed by atoms with Crippen LogP contribution in [0.2, 0.25) is 5.22 Å². The Morgan fingerprint density at radius 2 is 2.31 bits per heavy atom. The van der Waals surface area contributed by atoms with Gasteiger partial charge in [0.1, 0.15) is 11.4 Å². The molecule has 0 aliphatic heterocycles. The summed E-state index contributed by atoms with van der Waals surface area (Å²) in [5.74, 6) is 0.632. The highest BCUT2D eigenvalue weighted by Crippen LogP contribution is 2.30. The van der Waals surface area contributed by atoms with Gasteiger partial charge in [0.15, 0.2) is 5.22 Å². The first kappa shape index (κ1) is 11.0. The van der Waals surface area contributed by atoms with Crippen LogP contribution in [0, 0.1) is 0 Å². The van der Waals surface area contributed by atoms with E-state index in [1.54, 1.807) is 31.5 Å². The van der Waals surface area contributed by atoms with E-state index in [0.717, 1.165) is 0 Å². The summed E-state index contributed by atoms with van der Waals surface area (Å²) < 4.78 is 10.2. The standard InChI is InChI=1S/C11H11ClN2O2/c1-15-8-3-2-5-14-10(8)9(13)7-4-6-16-11(7)12/h2-6,9H,13H2,1H3. The summed E-state index contributed by atoms with van der Waals surface area (Å²) in [6.45, 7) is 0. The Bertz CT molecular complexity index is 484. The molecule has 2 heterocycles. The van der Waals surface area contributed by atoms with Crippen LogP contribution in [0.25, 0.3) is 0 Å². The quantitative estimate of drug-likeness (QED) is 0.892. The highest BCUT2D eigenvalue weighted by Gasteiger charge is 2.19. The van der Waals surface area contributed by atoms with Gasteiger partial charge in [-0.1, -0.05) is 0 Å². The number of rotatable bonds is 3. The average molecular weight is 239 g/mol. The van der Waals surface area contributed by atoms with E-state index in [4.69, 9.17) is 26.5 Å². The third-order valence-electron chi connectivity index (χ3n) is 2.30. The number of hydrogen-bond acceptors (Lipinski definition) is 4. The molecular weight excluding hydrogens is 228 g/mol. The van der Waals surface area contributed by atoms with Gasteiger partial charge in [0.25, 0.3) is 0 Å².